The van der Waals surface area contributed by atoms with Crippen molar-refractivity contribution in [3.63, 3.8) is 0 Å². The highest BCUT2D eigenvalue weighted by Gasteiger charge is 2.45. The predicted octanol–water partition coefficient (Wildman–Crippen LogP) is 3.56. The molecule has 2 fully saturated rings. The van der Waals surface area contributed by atoms with E-state index in [1.54, 1.807) is 6.07 Å². The molecule has 0 radical (unpaired) electrons. The Balaban J connectivity index is 1.63. The maximum Gasteiger partial charge on any atom is 0.416 e. The number of anilines is 3. The highest BCUT2D eigenvalue weighted by Crippen LogP contribution is 2.34. The number of nitrogens with one attached hydrogen (secondary N) is 2. The first-order valence-corrected chi connectivity index (χ1v) is 9.22. The van der Waals surface area contributed by atoms with Gasteiger partial charge in [-0.05, 0) is 38.1 Å². The van der Waals surface area contributed by atoms with Crippen molar-refractivity contribution in [2.45, 2.75) is 30.9 Å². The van der Waals surface area contributed by atoms with E-state index in [2.05, 4.69) is 25.6 Å². The Morgan fingerprint density at radius 3 is 2.45 bits per heavy atom. The summed E-state index contributed by atoms with van der Waals surface area (Å²) in [6, 6.07) is 3.41. The van der Waals surface area contributed by atoms with Gasteiger partial charge in [0.25, 0.3) is 5.92 Å². The second-order valence-corrected chi connectivity index (χ2v) is 7.27. The normalized spacial score (nSPS) is 19.7. The third-order valence-corrected chi connectivity index (χ3v) is 4.96. The SMILES string of the molecule is FC1(F)CN(c2nc(Nc3cc(C(F)(F)F)ccn3)cc(C3CCNCC3)n2)C1. The molecule has 0 atom stereocenters. The monoisotopic (exact) mass is 414 g/mol. The minimum absolute atomic E-state index is 0.0327. The summed E-state index contributed by atoms with van der Waals surface area (Å²) >= 11 is 0. The van der Waals surface area contributed by atoms with Gasteiger partial charge >= 0.3 is 6.18 Å². The van der Waals surface area contributed by atoms with Gasteiger partial charge in [0, 0.05) is 18.2 Å². The summed E-state index contributed by atoms with van der Waals surface area (Å²) < 4.78 is 65.4. The van der Waals surface area contributed by atoms with E-state index in [4.69, 9.17) is 0 Å². The van der Waals surface area contributed by atoms with Crippen LogP contribution in [-0.2, 0) is 6.18 Å². The molecule has 6 nitrogen and oxygen atoms in total. The van der Waals surface area contributed by atoms with E-state index < -0.39 is 30.8 Å². The van der Waals surface area contributed by atoms with Crippen LogP contribution < -0.4 is 15.5 Å². The van der Waals surface area contributed by atoms with E-state index in [-0.39, 0.29) is 23.5 Å². The van der Waals surface area contributed by atoms with Gasteiger partial charge in [0.15, 0.2) is 0 Å². The first-order chi connectivity index (χ1) is 13.7. The lowest BCUT2D eigenvalue weighted by Gasteiger charge is -2.39. The summed E-state index contributed by atoms with van der Waals surface area (Å²) in [5, 5.41) is 6.01. The smallest absolute Gasteiger partial charge is 0.329 e. The van der Waals surface area contributed by atoms with E-state index in [0.717, 1.165) is 44.3 Å². The third-order valence-electron chi connectivity index (χ3n) is 4.96. The summed E-state index contributed by atoms with van der Waals surface area (Å²) in [6.07, 6.45) is -1.79. The Kier molecular flexibility index (Phi) is 5.01. The second kappa shape index (κ2) is 7.36. The number of rotatable bonds is 4. The fraction of sp³-hybridized carbons (Fsp3) is 0.500. The molecule has 11 heteroatoms. The number of hydrogen-bond donors (Lipinski definition) is 2. The largest absolute Gasteiger partial charge is 0.416 e. The highest BCUT2D eigenvalue weighted by molar-refractivity contribution is 5.56. The fourth-order valence-electron chi connectivity index (χ4n) is 3.45. The number of nitrogens with zero attached hydrogens (tertiary/aromatic N) is 4. The van der Waals surface area contributed by atoms with Crippen LogP contribution in [0.1, 0.15) is 30.0 Å². The molecular formula is C18H19F5N6. The molecule has 2 N–H and O–H groups in total. The molecule has 156 valence electrons. The van der Waals surface area contributed by atoms with Crippen LogP contribution >= 0.6 is 0 Å². The number of halogens is 5. The second-order valence-electron chi connectivity index (χ2n) is 7.27. The molecule has 2 aliphatic rings. The lowest BCUT2D eigenvalue weighted by molar-refractivity contribution is -0.137. The topological polar surface area (TPSA) is 66.0 Å². The van der Waals surface area contributed by atoms with Crippen LogP contribution in [0.3, 0.4) is 0 Å². The molecule has 0 amide bonds. The number of aromatic nitrogens is 3. The van der Waals surface area contributed by atoms with Gasteiger partial charge < -0.3 is 15.5 Å². The number of pyridine rings is 1. The molecule has 0 aliphatic carbocycles. The van der Waals surface area contributed by atoms with Crippen LogP contribution in [0, 0.1) is 0 Å². The summed E-state index contributed by atoms with van der Waals surface area (Å²) in [4.78, 5) is 14.0. The molecular weight excluding hydrogens is 395 g/mol. The van der Waals surface area contributed by atoms with Gasteiger partial charge in [0.2, 0.25) is 5.95 Å². The van der Waals surface area contributed by atoms with Crippen LogP contribution in [0.2, 0.25) is 0 Å². The molecule has 2 aromatic heterocycles. The van der Waals surface area contributed by atoms with Crippen LogP contribution in [0.15, 0.2) is 24.4 Å². The fourth-order valence-corrected chi connectivity index (χ4v) is 3.45. The maximum atomic E-state index is 13.3. The van der Waals surface area contributed by atoms with Crippen molar-refractivity contribution in [1.29, 1.82) is 0 Å². The van der Waals surface area contributed by atoms with E-state index in [1.165, 1.54) is 4.90 Å². The van der Waals surface area contributed by atoms with Gasteiger partial charge in [0.1, 0.15) is 11.6 Å². The lowest BCUT2D eigenvalue weighted by atomic mass is 9.94. The Hall–Kier alpha value is -2.56. The Morgan fingerprint density at radius 1 is 1.07 bits per heavy atom. The van der Waals surface area contributed by atoms with E-state index in [0.29, 0.717) is 5.69 Å². The minimum Gasteiger partial charge on any atom is -0.329 e. The van der Waals surface area contributed by atoms with E-state index in [1.807, 2.05) is 0 Å². The van der Waals surface area contributed by atoms with E-state index >= 15 is 0 Å². The molecule has 2 saturated heterocycles. The van der Waals surface area contributed by atoms with Gasteiger partial charge in [-0.1, -0.05) is 0 Å². The Morgan fingerprint density at radius 2 is 1.79 bits per heavy atom. The zero-order chi connectivity index (χ0) is 20.6. The molecule has 4 rings (SSSR count). The number of piperidine rings is 1. The van der Waals surface area contributed by atoms with Crippen molar-refractivity contribution in [2.24, 2.45) is 0 Å². The molecule has 0 unspecified atom stereocenters. The van der Waals surface area contributed by atoms with Crippen molar-refractivity contribution >= 4 is 17.6 Å². The first kappa shape index (κ1) is 19.7. The van der Waals surface area contributed by atoms with Gasteiger partial charge in [0.05, 0.1) is 24.3 Å². The molecule has 29 heavy (non-hydrogen) atoms. The van der Waals surface area contributed by atoms with Gasteiger partial charge in [-0.3, -0.25) is 0 Å². The number of alkyl halides is 5. The molecule has 4 heterocycles. The molecule has 0 saturated carbocycles. The van der Waals surface area contributed by atoms with Crippen molar-refractivity contribution in [3.05, 3.63) is 35.7 Å². The summed E-state index contributed by atoms with van der Waals surface area (Å²) in [5.41, 5.74) is -0.161. The summed E-state index contributed by atoms with van der Waals surface area (Å²) in [7, 11) is 0. The van der Waals surface area contributed by atoms with Crippen LogP contribution in [0.25, 0.3) is 0 Å². The quantitative estimate of drug-likeness (QED) is 0.746. The minimum atomic E-state index is -4.50. The average molecular weight is 414 g/mol. The molecule has 2 aromatic rings. The first-order valence-electron chi connectivity index (χ1n) is 9.22. The lowest BCUT2D eigenvalue weighted by Crippen LogP contribution is -2.57. The van der Waals surface area contributed by atoms with Crippen LogP contribution in [0.5, 0.6) is 0 Å². The third kappa shape index (κ3) is 4.55. The average Bonchev–Trinajstić information content (AvgIpc) is 2.66. The van der Waals surface area contributed by atoms with Gasteiger partial charge in [-0.15, -0.1) is 0 Å². The van der Waals surface area contributed by atoms with Crippen LogP contribution in [-0.4, -0.2) is 47.1 Å². The van der Waals surface area contributed by atoms with Crippen molar-refractivity contribution in [3.8, 4) is 0 Å². The standard InChI is InChI=1S/C18H19F5N6/c19-17(20)9-29(10-17)16-26-13(11-1-4-24-5-2-11)8-15(28-16)27-14-7-12(3-6-25-14)18(21,22)23/h3,6-8,11,24H,1-2,4-5,9-10H2,(H,25,26,27,28). The maximum absolute atomic E-state index is 13.3. The highest BCUT2D eigenvalue weighted by atomic mass is 19.4. The Bertz CT molecular complexity index is 873. The summed E-state index contributed by atoms with van der Waals surface area (Å²) in [5.74, 6) is -2.33. The van der Waals surface area contributed by atoms with Crippen molar-refractivity contribution < 1.29 is 22.0 Å². The van der Waals surface area contributed by atoms with Crippen molar-refractivity contribution in [2.75, 3.05) is 36.4 Å². The van der Waals surface area contributed by atoms with Crippen LogP contribution in [0.4, 0.5) is 39.5 Å². The summed E-state index contributed by atoms with van der Waals surface area (Å²) in [6.45, 7) is 0.654. The Labute approximate surface area is 163 Å². The zero-order valence-corrected chi connectivity index (χ0v) is 15.3. The van der Waals surface area contributed by atoms with Gasteiger partial charge in [-0.2, -0.15) is 18.2 Å². The molecule has 0 bridgehead atoms. The predicted molar refractivity (Wildman–Crippen MR) is 96.6 cm³/mol. The molecule has 0 aromatic carbocycles. The molecule has 0 spiro atoms. The zero-order valence-electron chi connectivity index (χ0n) is 15.3. The number of hydrogen-bond acceptors (Lipinski definition) is 6. The van der Waals surface area contributed by atoms with Crippen molar-refractivity contribution in [1.82, 2.24) is 20.3 Å². The van der Waals surface area contributed by atoms with E-state index in [9.17, 15) is 22.0 Å². The van der Waals surface area contributed by atoms with Gasteiger partial charge in [-0.25, -0.2) is 18.7 Å². The molecule has 2 aliphatic heterocycles.